The van der Waals surface area contributed by atoms with Crippen LogP contribution in [0.15, 0.2) is 41.8 Å². The topological polar surface area (TPSA) is 54.3 Å². The first-order chi connectivity index (χ1) is 15.4. The first kappa shape index (κ1) is 21.3. The monoisotopic (exact) mass is 449 g/mol. The highest BCUT2D eigenvalue weighted by Gasteiger charge is 2.49. The van der Waals surface area contributed by atoms with Crippen LogP contribution in [0.4, 0.5) is 5.69 Å². The van der Waals surface area contributed by atoms with Crippen molar-refractivity contribution < 1.29 is 9.59 Å². The Hall–Kier alpha value is -2.60. The summed E-state index contributed by atoms with van der Waals surface area (Å²) in [5.41, 5.74) is 2.66. The van der Waals surface area contributed by atoms with Gasteiger partial charge in [0.25, 0.3) is 5.91 Å². The fourth-order valence-corrected chi connectivity index (χ4v) is 6.17. The van der Waals surface area contributed by atoms with Crippen molar-refractivity contribution in [1.82, 2.24) is 9.88 Å². The number of aromatic nitrogens is 1. The molecule has 3 heterocycles. The molecule has 0 unspecified atom stereocenters. The van der Waals surface area contributed by atoms with Gasteiger partial charge in [-0.25, -0.2) is 0 Å². The molecule has 5 nitrogen and oxygen atoms in total. The predicted octanol–water partition coefficient (Wildman–Crippen LogP) is 5.38. The number of hydrogen-bond acceptors (Lipinski definition) is 3. The van der Waals surface area contributed by atoms with Gasteiger partial charge < -0.3 is 9.88 Å². The van der Waals surface area contributed by atoms with Crippen LogP contribution in [0.1, 0.15) is 62.5 Å². The second-order valence-electron chi connectivity index (χ2n) is 9.56. The standard InChI is InChI=1S/C26H31N3O2S/c1-4-18-9-11-19(12-10-18)29-24(30)22-15-23-21(13-14-32-23)28(22)16-26(29,3)25(31)27-20-8-6-5-7-17(20)2/h9-15,17,20H,4-8,16H2,1-3H3,(H,27,31)/t17-,20+,26+/m0/s1. The molecule has 1 aliphatic heterocycles. The lowest BCUT2D eigenvalue weighted by Crippen LogP contribution is -2.65. The summed E-state index contributed by atoms with van der Waals surface area (Å²) in [6, 6.07) is 12.2. The lowest BCUT2D eigenvalue weighted by Gasteiger charge is -2.45. The number of anilines is 1. The van der Waals surface area contributed by atoms with Gasteiger partial charge in [0.1, 0.15) is 11.2 Å². The Morgan fingerprint density at radius 2 is 1.94 bits per heavy atom. The SMILES string of the molecule is CCc1ccc(N2C(=O)c3cc4sccc4n3C[C@]2(C)C(=O)N[C@@H]2CCCC[C@@H]2C)cc1. The lowest BCUT2D eigenvalue weighted by molar-refractivity contribution is -0.127. The zero-order chi connectivity index (χ0) is 22.5. The molecule has 2 aliphatic rings. The zero-order valence-electron chi connectivity index (χ0n) is 19.1. The highest BCUT2D eigenvalue weighted by Crippen LogP contribution is 2.37. The third kappa shape index (κ3) is 3.36. The molecule has 3 aromatic rings. The molecule has 1 saturated carbocycles. The van der Waals surface area contributed by atoms with E-state index < -0.39 is 5.54 Å². The van der Waals surface area contributed by atoms with Gasteiger partial charge in [-0.1, -0.05) is 38.8 Å². The molecule has 5 rings (SSSR count). The van der Waals surface area contributed by atoms with Crippen LogP contribution in [0.25, 0.3) is 10.2 Å². The van der Waals surface area contributed by atoms with Gasteiger partial charge in [0.05, 0.1) is 16.8 Å². The Balaban J connectivity index is 1.58. The summed E-state index contributed by atoms with van der Waals surface area (Å²) in [7, 11) is 0. The summed E-state index contributed by atoms with van der Waals surface area (Å²) < 4.78 is 3.12. The van der Waals surface area contributed by atoms with Gasteiger partial charge in [0.2, 0.25) is 5.91 Å². The number of rotatable bonds is 4. The average molecular weight is 450 g/mol. The Morgan fingerprint density at radius 3 is 2.66 bits per heavy atom. The van der Waals surface area contributed by atoms with Gasteiger partial charge in [0, 0.05) is 11.7 Å². The minimum atomic E-state index is -1.01. The van der Waals surface area contributed by atoms with Crippen LogP contribution >= 0.6 is 11.3 Å². The molecular formula is C26H31N3O2S. The number of nitrogens with one attached hydrogen (secondary N) is 1. The fraction of sp³-hybridized carbons (Fsp3) is 0.462. The summed E-state index contributed by atoms with van der Waals surface area (Å²) in [5, 5.41) is 5.38. The van der Waals surface area contributed by atoms with Crippen molar-refractivity contribution in [1.29, 1.82) is 0 Å². The van der Waals surface area contributed by atoms with E-state index in [2.05, 4.69) is 31.3 Å². The molecule has 1 aliphatic carbocycles. The lowest BCUT2D eigenvalue weighted by atomic mass is 9.84. The van der Waals surface area contributed by atoms with Crippen LogP contribution in [0, 0.1) is 5.92 Å². The van der Waals surface area contributed by atoms with Crippen LogP contribution in [0.5, 0.6) is 0 Å². The van der Waals surface area contributed by atoms with Crippen LogP contribution in [0.3, 0.4) is 0 Å². The van der Waals surface area contributed by atoms with E-state index in [9.17, 15) is 9.59 Å². The minimum Gasteiger partial charge on any atom is -0.351 e. The number of amides is 2. The van der Waals surface area contributed by atoms with E-state index in [-0.39, 0.29) is 17.9 Å². The quantitative estimate of drug-likeness (QED) is 0.581. The number of benzene rings is 1. The summed E-state index contributed by atoms with van der Waals surface area (Å²) in [4.78, 5) is 29.5. The van der Waals surface area contributed by atoms with E-state index in [1.54, 1.807) is 16.2 Å². The number of nitrogens with zero attached hydrogens (tertiary/aromatic N) is 2. The summed E-state index contributed by atoms with van der Waals surface area (Å²) >= 11 is 1.63. The Labute approximate surface area is 193 Å². The molecule has 32 heavy (non-hydrogen) atoms. The molecule has 0 saturated heterocycles. The van der Waals surface area contributed by atoms with Gasteiger partial charge in [0.15, 0.2) is 0 Å². The average Bonchev–Trinajstić information content (AvgIpc) is 3.38. The number of hydrogen-bond donors (Lipinski definition) is 1. The highest BCUT2D eigenvalue weighted by atomic mass is 32.1. The molecule has 0 bridgehead atoms. The second kappa shape index (κ2) is 8.07. The van der Waals surface area contributed by atoms with E-state index in [0.29, 0.717) is 18.2 Å². The van der Waals surface area contributed by atoms with Gasteiger partial charge in [-0.15, -0.1) is 11.3 Å². The number of carbonyl (C=O) groups is 2. The molecule has 1 aromatic carbocycles. The number of aryl methyl sites for hydroxylation is 1. The first-order valence-electron chi connectivity index (χ1n) is 11.7. The van der Waals surface area contributed by atoms with E-state index in [1.165, 1.54) is 12.0 Å². The molecule has 6 heteroatoms. The van der Waals surface area contributed by atoms with Crippen LogP contribution < -0.4 is 10.2 Å². The van der Waals surface area contributed by atoms with Crippen molar-refractivity contribution in [3.8, 4) is 0 Å². The maximum absolute atomic E-state index is 13.9. The summed E-state index contributed by atoms with van der Waals surface area (Å²) in [6.07, 6.45) is 5.45. The molecule has 1 N–H and O–H groups in total. The molecular weight excluding hydrogens is 418 g/mol. The maximum Gasteiger partial charge on any atom is 0.275 e. The predicted molar refractivity (Wildman–Crippen MR) is 130 cm³/mol. The Kier molecular flexibility index (Phi) is 5.36. The largest absolute Gasteiger partial charge is 0.351 e. The van der Waals surface area contributed by atoms with E-state index in [4.69, 9.17) is 0 Å². The minimum absolute atomic E-state index is 0.0631. The van der Waals surface area contributed by atoms with E-state index in [0.717, 1.165) is 41.6 Å². The molecule has 0 radical (unpaired) electrons. The smallest absolute Gasteiger partial charge is 0.275 e. The Bertz CT molecular complexity index is 1160. The molecule has 168 valence electrons. The third-order valence-corrected chi connectivity index (χ3v) is 8.28. The fourth-order valence-electron chi connectivity index (χ4n) is 5.35. The summed E-state index contributed by atoms with van der Waals surface area (Å²) in [6.45, 7) is 6.70. The van der Waals surface area contributed by atoms with Crippen molar-refractivity contribution in [2.24, 2.45) is 5.92 Å². The first-order valence-corrected chi connectivity index (χ1v) is 12.6. The maximum atomic E-state index is 13.9. The van der Waals surface area contributed by atoms with Crippen LogP contribution in [0.2, 0.25) is 0 Å². The van der Waals surface area contributed by atoms with Crippen molar-refractivity contribution >= 4 is 39.1 Å². The molecule has 2 amide bonds. The van der Waals surface area contributed by atoms with Gasteiger partial charge in [-0.2, -0.15) is 0 Å². The van der Waals surface area contributed by atoms with Crippen molar-refractivity contribution in [3.63, 3.8) is 0 Å². The van der Waals surface area contributed by atoms with Gasteiger partial charge in [-0.3, -0.25) is 14.5 Å². The molecule has 0 spiro atoms. The van der Waals surface area contributed by atoms with Gasteiger partial charge in [-0.05, 0) is 67.3 Å². The number of fused-ring (bicyclic) bond motifs is 3. The van der Waals surface area contributed by atoms with Crippen molar-refractivity contribution in [3.05, 3.63) is 53.0 Å². The van der Waals surface area contributed by atoms with Gasteiger partial charge >= 0.3 is 0 Å². The van der Waals surface area contributed by atoms with Crippen LogP contribution in [-0.2, 0) is 17.8 Å². The van der Waals surface area contributed by atoms with Crippen molar-refractivity contribution in [2.45, 2.75) is 71.0 Å². The van der Waals surface area contributed by atoms with E-state index in [1.807, 2.05) is 41.1 Å². The highest BCUT2D eigenvalue weighted by molar-refractivity contribution is 7.17. The number of carbonyl (C=O) groups excluding carboxylic acids is 2. The normalized spacial score (nSPS) is 25.7. The Morgan fingerprint density at radius 1 is 1.19 bits per heavy atom. The molecule has 3 atom stereocenters. The van der Waals surface area contributed by atoms with E-state index >= 15 is 0 Å². The van der Waals surface area contributed by atoms with Crippen molar-refractivity contribution in [2.75, 3.05) is 4.90 Å². The zero-order valence-corrected chi connectivity index (χ0v) is 19.9. The molecule has 2 aromatic heterocycles. The summed E-state index contributed by atoms with van der Waals surface area (Å²) in [5.74, 6) is 0.281. The third-order valence-electron chi connectivity index (χ3n) is 7.42. The second-order valence-corrected chi connectivity index (χ2v) is 10.5. The number of thiophene rings is 1. The molecule has 1 fully saturated rings. The van der Waals surface area contributed by atoms with Crippen LogP contribution in [-0.4, -0.2) is 28.0 Å².